The lowest BCUT2D eigenvalue weighted by molar-refractivity contribution is 0.0849. The van der Waals surface area contributed by atoms with Crippen molar-refractivity contribution in [1.82, 2.24) is 15.0 Å². The van der Waals surface area contributed by atoms with Crippen LogP contribution in [0.3, 0.4) is 0 Å². The molecule has 1 N–H and O–H groups in total. The Bertz CT molecular complexity index is 1360. The Morgan fingerprint density at radius 2 is 1.97 bits per heavy atom. The van der Waals surface area contributed by atoms with E-state index in [4.69, 9.17) is 9.72 Å². The molecule has 0 bridgehead atoms. The van der Waals surface area contributed by atoms with E-state index in [1.165, 1.54) is 0 Å². The van der Waals surface area contributed by atoms with E-state index in [0.29, 0.717) is 28.1 Å². The summed E-state index contributed by atoms with van der Waals surface area (Å²) in [6.07, 6.45) is 5.19. The average Bonchev–Trinajstić information content (AvgIpc) is 2.79. The molecule has 0 atom stereocenters. The molecule has 5 rings (SSSR count). The summed E-state index contributed by atoms with van der Waals surface area (Å²) in [6.45, 7) is 1.45. The number of ether oxygens (including phenoxy) is 1. The predicted octanol–water partition coefficient (Wildman–Crippen LogP) is 4.53. The van der Waals surface area contributed by atoms with Gasteiger partial charge in [-0.3, -0.25) is 9.78 Å². The number of rotatable bonds is 1. The zero-order chi connectivity index (χ0) is 20.5. The number of nitrogens with one attached hydrogen (secondary N) is 1. The van der Waals surface area contributed by atoms with E-state index < -0.39 is 0 Å². The molecule has 1 aromatic carbocycles. The van der Waals surface area contributed by atoms with E-state index in [2.05, 4.69) is 37.7 Å². The number of hydrogen-bond acceptors (Lipinski definition) is 4. The van der Waals surface area contributed by atoms with Crippen molar-refractivity contribution < 1.29 is 4.74 Å². The molecule has 6 heteroatoms. The SMILES string of the molecule is O=c1[nH]cc(C#Cc2ccccn2)c2nc(C3CCOCC3)c3ccc(Br)cc3c12. The van der Waals surface area contributed by atoms with Crippen molar-refractivity contribution in [3.63, 3.8) is 0 Å². The van der Waals surface area contributed by atoms with Crippen molar-refractivity contribution in [2.45, 2.75) is 18.8 Å². The second-order valence-electron chi connectivity index (χ2n) is 7.29. The fourth-order valence-corrected chi connectivity index (χ4v) is 4.32. The quantitative estimate of drug-likeness (QED) is 0.335. The summed E-state index contributed by atoms with van der Waals surface area (Å²) >= 11 is 3.55. The number of hydrogen-bond donors (Lipinski definition) is 1. The molecule has 5 nitrogen and oxygen atoms in total. The molecule has 0 unspecified atom stereocenters. The minimum absolute atomic E-state index is 0.164. The number of fused-ring (bicyclic) bond motifs is 3. The van der Waals surface area contributed by atoms with Crippen LogP contribution < -0.4 is 5.56 Å². The third-order valence-corrected chi connectivity index (χ3v) is 5.92. The standard InChI is InChI=1S/C24H18BrN3O2/c25-17-5-7-19-20(13-17)21-23(28-22(19)15-8-11-30-12-9-15)16(14-27-24(21)29)4-6-18-3-1-2-10-26-18/h1-3,5,7,10,13-15H,8-9,11-12H2,(H,27,29). The van der Waals surface area contributed by atoms with Crippen LogP contribution in [0.4, 0.5) is 0 Å². The maximum absolute atomic E-state index is 12.8. The van der Waals surface area contributed by atoms with Crippen molar-refractivity contribution in [1.29, 1.82) is 0 Å². The van der Waals surface area contributed by atoms with Gasteiger partial charge in [-0.2, -0.15) is 0 Å². The van der Waals surface area contributed by atoms with Crippen molar-refractivity contribution in [3.8, 4) is 11.8 Å². The van der Waals surface area contributed by atoms with Crippen LogP contribution in [-0.4, -0.2) is 28.2 Å². The molecule has 3 aromatic heterocycles. The van der Waals surface area contributed by atoms with Gasteiger partial charge in [-0.05, 0) is 48.4 Å². The van der Waals surface area contributed by atoms with Crippen LogP contribution in [0.2, 0.25) is 0 Å². The van der Waals surface area contributed by atoms with Crippen LogP contribution in [-0.2, 0) is 4.74 Å². The van der Waals surface area contributed by atoms with Crippen LogP contribution >= 0.6 is 15.9 Å². The summed E-state index contributed by atoms with van der Waals surface area (Å²) in [6, 6.07) is 11.6. The van der Waals surface area contributed by atoms with Crippen molar-refractivity contribution in [3.05, 3.63) is 80.6 Å². The zero-order valence-electron chi connectivity index (χ0n) is 16.1. The first kappa shape index (κ1) is 19.0. The van der Waals surface area contributed by atoms with Crippen LogP contribution in [0.1, 0.15) is 35.7 Å². The number of aromatic amines is 1. The lowest BCUT2D eigenvalue weighted by Gasteiger charge is -2.23. The largest absolute Gasteiger partial charge is 0.381 e. The molecule has 0 aliphatic carbocycles. The summed E-state index contributed by atoms with van der Waals surface area (Å²) < 4.78 is 6.47. The molecule has 4 heterocycles. The van der Waals surface area contributed by atoms with E-state index in [1.54, 1.807) is 12.4 Å². The Morgan fingerprint density at radius 3 is 2.77 bits per heavy atom. The number of aromatic nitrogens is 3. The van der Waals surface area contributed by atoms with Gasteiger partial charge in [0.05, 0.1) is 22.2 Å². The Hall–Kier alpha value is -3.01. The topological polar surface area (TPSA) is 67.9 Å². The number of halogens is 1. The minimum Gasteiger partial charge on any atom is -0.381 e. The maximum Gasteiger partial charge on any atom is 0.258 e. The molecule has 0 amide bonds. The fourth-order valence-electron chi connectivity index (χ4n) is 3.96. The molecule has 1 aliphatic heterocycles. The zero-order valence-corrected chi connectivity index (χ0v) is 17.7. The Morgan fingerprint density at radius 1 is 1.10 bits per heavy atom. The molecular formula is C24H18BrN3O2. The highest BCUT2D eigenvalue weighted by Crippen LogP contribution is 2.35. The first-order valence-corrected chi connectivity index (χ1v) is 10.7. The fraction of sp³-hybridized carbons (Fsp3) is 0.208. The number of benzene rings is 1. The van der Waals surface area contributed by atoms with Crippen LogP contribution in [0.25, 0.3) is 21.7 Å². The van der Waals surface area contributed by atoms with Crippen LogP contribution in [0, 0.1) is 11.8 Å². The second-order valence-corrected chi connectivity index (χ2v) is 8.21. The molecule has 148 valence electrons. The third-order valence-electron chi connectivity index (χ3n) is 5.42. The number of nitrogens with zero attached hydrogens (tertiary/aromatic N) is 2. The molecule has 0 spiro atoms. The average molecular weight is 460 g/mol. The first-order chi connectivity index (χ1) is 14.7. The Labute approximate surface area is 181 Å². The Balaban J connectivity index is 1.80. The molecular weight excluding hydrogens is 442 g/mol. The summed E-state index contributed by atoms with van der Waals surface area (Å²) in [5, 5.41) is 2.46. The van der Waals surface area contributed by atoms with Gasteiger partial charge in [-0.15, -0.1) is 0 Å². The summed E-state index contributed by atoms with van der Waals surface area (Å²) in [5.41, 5.74) is 2.84. The predicted molar refractivity (Wildman–Crippen MR) is 121 cm³/mol. The van der Waals surface area contributed by atoms with Crippen LogP contribution in [0.5, 0.6) is 0 Å². The number of pyridine rings is 3. The number of H-pyrrole nitrogens is 1. The third kappa shape index (κ3) is 3.51. The second kappa shape index (κ2) is 8.02. The Kier molecular flexibility index (Phi) is 5.07. The van der Waals surface area contributed by atoms with Crippen molar-refractivity contribution in [2.75, 3.05) is 13.2 Å². The molecule has 0 radical (unpaired) electrons. The minimum atomic E-state index is -0.164. The van der Waals surface area contributed by atoms with E-state index in [0.717, 1.165) is 47.0 Å². The van der Waals surface area contributed by atoms with Gasteiger partial charge in [-0.1, -0.05) is 34.0 Å². The monoisotopic (exact) mass is 459 g/mol. The molecule has 4 aromatic rings. The highest BCUT2D eigenvalue weighted by molar-refractivity contribution is 9.10. The summed E-state index contributed by atoms with van der Waals surface area (Å²) in [7, 11) is 0. The molecule has 1 saturated heterocycles. The van der Waals surface area contributed by atoms with Gasteiger partial charge in [0.1, 0.15) is 5.69 Å². The maximum atomic E-state index is 12.8. The highest BCUT2D eigenvalue weighted by Gasteiger charge is 2.22. The van der Waals surface area contributed by atoms with Gasteiger partial charge in [0.2, 0.25) is 0 Å². The van der Waals surface area contributed by atoms with Gasteiger partial charge in [0.15, 0.2) is 0 Å². The normalized spacial score (nSPS) is 14.6. The lowest BCUT2D eigenvalue weighted by Crippen LogP contribution is -2.17. The van der Waals surface area contributed by atoms with Crippen LogP contribution in [0.15, 0.2) is 58.1 Å². The van der Waals surface area contributed by atoms with Gasteiger partial charge >= 0.3 is 0 Å². The van der Waals surface area contributed by atoms with Crippen molar-refractivity contribution >= 4 is 37.6 Å². The van der Waals surface area contributed by atoms with Gasteiger partial charge < -0.3 is 9.72 Å². The summed E-state index contributed by atoms with van der Waals surface area (Å²) in [5.74, 6) is 6.53. The van der Waals surface area contributed by atoms with E-state index >= 15 is 0 Å². The first-order valence-electron chi connectivity index (χ1n) is 9.86. The van der Waals surface area contributed by atoms with Gasteiger partial charge in [-0.25, -0.2) is 4.98 Å². The van der Waals surface area contributed by atoms with Crippen molar-refractivity contribution in [2.24, 2.45) is 0 Å². The highest BCUT2D eigenvalue weighted by atomic mass is 79.9. The van der Waals surface area contributed by atoms with E-state index in [-0.39, 0.29) is 5.56 Å². The molecule has 1 aliphatic rings. The van der Waals surface area contributed by atoms with Gasteiger partial charge in [0.25, 0.3) is 5.56 Å². The van der Waals surface area contributed by atoms with Gasteiger partial charge in [0, 0.05) is 41.4 Å². The molecule has 1 fully saturated rings. The smallest absolute Gasteiger partial charge is 0.258 e. The molecule has 0 saturated carbocycles. The molecule has 30 heavy (non-hydrogen) atoms. The van der Waals surface area contributed by atoms with E-state index in [1.807, 2.05) is 36.4 Å². The summed E-state index contributed by atoms with van der Waals surface area (Å²) in [4.78, 5) is 24.9. The van der Waals surface area contributed by atoms with E-state index in [9.17, 15) is 4.79 Å². The lowest BCUT2D eigenvalue weighted by atomic mass is 9.91.